The molecule has 2 aromatic carbocycles. The smallest absolute Gasteiger partial charge is 0.241 e. The fraction of sp³-hybridized carbons (Fsp3) is 0.350. The van der Waals surface area contributed by atoms with Crippen molar-refractivity contribution >= 4 is 33.4 Å². The van der Waals surface area contributed by atoms with Gasteiger partial charge in [-0.05, 0) is 61.4 Å². The van der Waals surface area contributed by atoms with E-state index in [1.807, 2.05) is 45.2 Å². The second-order valence-electron chi connectivity index (χ2n) is 6.47. The zero-order valence-electron chi connectivity index (χ0n) is 16.3. The van der Waals surface area contributed by atoms with Crippen molar-refractivity contribution in [1.29, 1.82) is 0 Å². The molecular formula is C20H26N2O3S2. The predicted octanol–water partition coefficient (Wildman–Crippen LogP) is 4.41. The lowest BCUT2D eigenvalue weighted by atomic mass is 10.0. The van der Waals surface area contributed by atoms with E-state index < -0.39 is 10.0 Å². The second kappa shape index (κ2) is 8.91. The molecule has 2 aromatic rings. The molecule has 0 heterocycles. The summed E-state index contributed by atoms with van der Waals surface area (Å²) >= 11 is 1.44. The number of hydrogen-bond donors (Lipinski definition) is 2. The summed E-state index contributed by atoms with van der Waals surface area (Å²) in [4.78, 5) is 12.4. The molecule has 0 spiro atoms. The number of hydrogen-bond acceptors (Lipinski definition) is 4. The van der Waals surface area contributed by atoms with E-state index in [4.69, 9.17) is 0 Å². The summed E-state index contributed by atoms with van der Waals surface area (Å²) in [7, 11) is -3.74. The van der Waals surface area contributed by atoms with E-state index in [0.29, 0.717) is 12.1 Å². The number of nitrogens with one attached hydrogen (secondary N) is 2. The van der Waals surface area contributed by atoms with Crippen LogP contribution in [-0.2, 0) is 14.8 Å². The summed E-state index contributed by atoms with van der Waals surface area (Å²) in [6.07, 6.45) is 2.50. The molecule has 0 aliphatic heterocycles. The quantitative estimate of drug-likeness (QED) is 0.668. The standard InChI is InChI=1S/C20H26N2O3S2/c1-6-18(16-8-7-13(2)14(3)11-16)22-27(24,25)17-9-10-20(26-5)19(12-17)21-15(4)23/h7-12,18,22H,6H2,1-5H3,(H,21,23)/t18-/m1/s1. The van der Waals surface area contributed by atoms with E-state index in [0.717, 1.165) is 16.0 Å². The number of benzene rings is 2. The first-order valence-corrected chi connectivity index (χ1v) is 11.4. The Hall–Kier alpha value is -1.83. The van der Waals surface area contributed by atoms with Gasteiger partial charge in [0.2, 0.25) is 15.9 Å². The molecule has 0 bridgehead atoms. The third kappa shape index (κ3) is 5.34. The van der Waals surface area contributed by atoms with E-state index >= 15 is 0 Å². The Labute approximate surface area is 166 Å². The van der Waals surface area contributed by atoms with Crippen LogP contribution in [-0.4, -0.2) is 20.6 Å². The van der Waals surface area contributed by atoms with E-state index in [-0.39, 0.29) is 16.8 Å². The van der Waals surface area contributed by atoms with Gasteiger partial charge in [-0.2, -0.15) is 0 Å². The maximum atomic E-state index is 12.9. The molecule has 2 N–H and O–H groups in total. The molecule has 0 aliphatic rings. The van der Waals surface area contributed by atoms with Crippen LogP contribution < -0.4 is 10.0 Å². The van der Waals surface area contributed by atoms with Gasteiger partial charge in [0.1, 0.15) is 0 Å². The van der Waals surface area contributed by atoms with Crippen molar-refractivity contribution in [1.82, 2.24) is 4.72 Å². The van der Waals surface area contributed by atoms with Gasteiger partial charge in [-0.1, -0.05) is 25.1 Å². The molecule has 0 fully saturated rings. The summed E-state index contributed by atoms with van der Waals surface area (Å²) in [5.74, 6) is -0.241. The van der Waals surface area contributed by atoms with Crippen LogP contribution in [0.1, 0.15) is 43.0 Å². The molecule has 0 saturated carbocycles. The minimum Gasteiger partial charge on any atom is -0.325 e. The van der Waals surface area contributed by atoms with Crippen LogP contribution in [0, 0.1) is 13.8 Å². The van der Waals surface area contributed by atoms with Gasteiger partial charge in [0, 0.05) is 17.9 Å². The summed E-state index contributed by atoms with van der Waals surface area (Å²) in [5.41, 5.74) is 3.73. The first-order valence-electron chi connectivity index (χ1n) is 8.73. The van der Waals surface area contributed by atoms with Gasteiger partial charge in [-0.15, -0.1) is 11.8 Å². The monoisotopic (exact) mass is 406 g/mol. The number of thioether (sulfide) groups is 1. The minimum absolute atomic E-state index is 0.131. The van der Waals surface area contributed by atoms with E-state index in [9.17, 15) is 13.2 Å². The van der Waals surface area contributed by atoms with Crippen LogP contribution in [0.25, 0.3) is 0 Å². The predicted molar refractivity (Wildman–Crippen MR) is 112 cm³/mol. The molecule has 0 aromatic heterocycles. The van der Waals surface area contributed by atoms with E-state index in [1.165, 1.54) is 30.3 Å². The molecule has 27 heavy (non-hydrogen) atoms. The Bertz CT molecular complexity index is 940. The third-order valence-corrected chi connectivity index (χ3v) is 6.70. The molecule has 1 atom stereocenters. The number of amides is 1. The lowest BCUT2D eigenvalue weighted by Crippen LogP contribution is -2.28. The number of anilines is 1. The largest absolute Gasteiger partial charge is 0.325 e. The molecule has 1 amide bonds. The molecule has 2 rings (SSSR count). The first-order chi connectivity index (χ1) is 12.7. The number of carbonyl (C=O) groups is 1. The molecule has 0 saturated heterocycles. The molecule has 0 aliphatic carbocycles. The van der Waals surface area contributed by atoms with Crippen LogP contribution in [0.15, 0.2) is 46.2 Å². The Morgan fingerprint density at radius 1 is 1.11 bits per heavy atom. The van der Waals surface area contributed by atoms with Gasteiger partial charge in [-0.3, -0.25) is 4.79 Å². The van der Waals surface area contributed by atoms with Crippen LogP contribution in [0.5, 0.6) is 0 Å². The molecule has 0 radical (unpaired) electrons. The van der Waals surface area contributed by atoms with Crippen molar-refractivity contribution in [2.75, 3.05) is 11.6 Å². The van der Waals surface area contributed by atoms with Crippen molar-refractivity contribution < 1.29 is 13.2 Å². The zero-order valence-corrected chi connectivity index (χ0v) is 17.9. The fourth-order valence-corrected chi connectivity index (χ4v) is 4.63. The topological polar surface area (TPSA) is 75.3 Å². The summed E-state index contributed by atoms with van der Waals surface area (Å²) in [6.45, 7) is 7.39. The normalized spacial score (nSPS) is 12.6. The number of sulfonamides is 1. The molecule has 7 heteroatoms. The Kier molecular flexibility index (Phi) is 7.08. The SMILES string of the molecule is CC[C@@H](NS(=O)(=O)c1ccc(SC)c(NC(C)=O)c1)c1ccc(C)c(C)c1. The fourth-order valence-electron chi connectivity index (χ4n) is 2.77. The van der Waals surface area contributed by atoms with Gasteiger partial charge >= 0.3 is 0 Å². The number of rotatable bonds is 7. The summed E-state index contributed by atoms with van der Waals surface area (Å²) in [5, 5.41) is 2.70. The van der Waals surface area contributed by atoms with Crippen molar-refractivity contribution in [3.63, 3.8) is 0 Å². The summed E-state index contributed by atoms with van der Waals surface area (Å²) < 4.78 is 28.7. The number of aryl methyl sites for hydroxylation is 2. The summed E-state index contributed by atoms with van der Waals surface area (Å²) in [6, 6.07) is 10.4. The highest BCUT2D eigenvalue weighted by atomic mass is 32.2. The highest BCUT2D eigenvalue weighted by Crippen LogP contribution is 2.29. The lowest BCUT2D eigenvalue weighted by Gasteiger charge is -2.19. The minimum atomic E-state index is -3.74. The van der Waals surface area contributed by atoms with E-state index in [2.05, 4.69) is 10.0 Å². The molecular weight excluding hydrogens is 380 g/mol. The Balaban J connectivity index is 2.36. The molecule has 0 unspecified atom stereocenters. The van der Waals surface area contributed by atoms with Crippen LogP contribution in [0.4, 0.5) is 5.69 Å². The highest BCUT2D eigenvalue weighted by Gasteiger charge is 2.22. The van der Waals surface area contributed by atoms with Crippen LogP contribution >= 0.6 is 11.8 Å². The van der Waals surface area contributed by atoms with Gasteiger partial charge < -0.3 is 5.32 Å². The molecule has 5 nitrogen and oxygen atoms in total. The van der Waals surface area contributed by atoms with Crippen LogP contribution in [0.3, 0.4) is 0 Å². The van der Waals surface area contributed by atoms with Crippen molar-refractivity contribution in [2.45, 2.75) is 49.9 Å². The highest BCUT2D eigenvalue weighted by molar-refractivity contribution is 7.98. The second-order valence-corrected chi connectivity index (χ2v) is 9.03. The van der Waals surface area contributed by atoms with Gasteiger partial charge in [0.25, 0.3) is 0 Å². The number of carbonyl (C=O) groups excluding carboxylic acids is 1. The van der Waals surface area contributed by atoms with Gasteiger partial charge in [0.05, 0.1) is 10.6 Å². The molecule has 146 valence electrons. The first kappa shape index (κ1) is 21.5. The van der Waals surface area contributed by atoms with Crippen molar-refractivity contribution in [3.8, 4) is 0 Å². The van der Waals surface area contributed by atoms with Gasteiger partial charge in [-0.25, -0.2) is 13.1 Å². The average Bonchev–Trinajstić information content (AvgIpc) is 2.61. The maximum Gasteiger partial charge on any atom is 0.241 e. The van der Waals surface area contributed by atoms with Crippen LogP contribution in [0.2, 0.25) is 0 Å². The maximum absolute atomic E-state index is 12.9. The third-order valence-electron chi connectivity index (χ3n) is 4.43. The van der Waals surface area contributed by atoms with Crippen molar-refractivity contribution in [3.05, 3.63) is 53.1 Å². The van der Waals surface area contributed by atoms with Gasteiger partial charge in [0.15, 0.2) is 0 Å². The average molecular weight is 407 g/mol. The Morgan fingerprint density at radius 3 is 2.37 bits per heavy atom. The lowest BCUT2D eigenvalue weighted by molar-refractivity contribution is -0.114. The Morgan fingerprint density at radius 2 is 1.81 bits per heavy atom. The zero-order chi connectivity index (χ0) is 20.2. The van der Waals surface area contributed by atoms with Crippen molar-refractivity contribution in [2.24, 2.45) is 0 Å². The van der Waals surface area contributed by atoms with E-state index in [1.54, 1.807) is 12.1 Å².